The number of aliphatic hydroxyl groups excluding tert-OH is 2. The minimum Gasteiger partial charge on any atom is -0.458 e. The van der Waals surface area contributed by atoms with Gasteiger partial charge in [-0.05, 0) is 43.4 Å². The highest BCUT2D eigenvalue weighted by molar-refractivity contribution is 5.75. The van der Waals surface area contributed by atoms with Gasteiger partial charge in [0.25, 0.3) is 0 Å². The number of carbonyl (C=O) groups is 1. The van der Waals surface area contributed by atoms with Gasteiger partial charge in [0.15, 0.2) is 0 Å². The maximum Gasteiger partial charge on any atom is 0.309 e. The highest BCUT2D eigenvalue weighted by atomic mass is 16.6. The lowest BCUT2D eigenvalue weighted by atomic mass is 9.83. The van der Waals surface area contributed by atoms with E-state index in [9.17, 15) is 15.0 Å². The first-order valence-corrected chi connectivity index (χ1v) is 6.88. The summed E-state index contributed by atoms with van der Waals surface area (Å²) in [7, 11) is 0. The average Bonchev–Trinajstić information content (AvgIpc) is 2.64. The topological polar surface area (TPSA) is 66.8 Å². The highest BCUT2D eigenvalue weighted by Gasteiger charge is 2.41. The van der Waals surface area contributed by atoms with Crippen molar-refractivity contribution in [2.24, 2.45) is 11.8 Å². The largest absolute Gasteiger partial charge is 0.458 e. The smallest absolute Gasteiger partial charge is 0.309 e. The van der Waals surface area contributed by atoms with Gasteiger partial charge in [-0.15, -0.1) is 0 Å². The molecule has 1 saturated heterocycles. The number of ether oxygens (including phenoxy) is 1. The molecule has 1 aliphatic carbocycles. The fourth-order valence-corrected chi connectivity index (χ4v) is 2.80. The molecule has 4 atom stereocenters. The molecule has 4 unspecified atom stereocenters. The number of hydrogen-bond donors (Lipinski definition) is 2. The van der Waals surface area contributed by atoms with Crippen molar-refractivity contribution >= 4 is 5.97 Å². The lowest BCUT2D eigenvalue weighted by Crippen LogP contribution is -2.25. The van der Waals surface area contributed by atoms with E-state index in [1.165, 1.54) is 0 Å². The summed E-state index contributed by atoms with van der Waals surface area (Å²) in [6.45, 7) is 3.74. The maximum absolute atomic E-state index is 11.7. The third-order valence-electron chi connectivity index (χ3n) is 4.24. The summed E-state index contributed by atoms with van der Waals surface area (Å²) < 4.78 is 5.37. The van der Waals surface area contributed by atoms with Crippen LogP contribution >= 0.6 is 0 Å². The summed E-state index contributed by atoms with van der Waals surface area (Å²) in [5.41, 5.74) is 1.84. The number of fused-ring (bicyclic) bond motifs is 1. The monoisotopic (exact) mass is 266 g/mol. The number of carbonyl (C=O) groups excluding carboxylic acids is 1. The lowest BCUT2D eigenvalue weighted by Gasteiger charge is -2.23. The van der Waals surface area contributed by atoms with Gasteiger partial charge in [0, 0.05) is 5.92 Å². The molecule has 4 heteroatoms. The lowest BCUT2D eigenvalue weighted by molar-refractivity contribution is -0.142. The van der Waals surface area contributed by atoms with Gasteiger partial charge in [-0.1, -0.05) is 13.0 Å². The zero-order chi connectivity index (χ0) is 14.0. The van der Waals surface area contributed by atoms with Crippen LogP contribution in [-0.2, 0) is 9.53 Å². The van der Waals surface area contributed by atoms with E-state index in [4.69, 9.17) is 4.74 Å². The van der Waals surface area contributed by atoms with Crippen molar-refractivity contribution in [3.05, 3.63) is 23.3 Å². The maximum atomic E-state index is 11.7. The second-order valence-electron chi connectivity index (χ2n) is 5.58. The van der Waals surface area contributed by atoms with Gasteiger partial charge in [0.05, 0.1) is 18.6 Å². The highest BCUT2D eigenvalue weighted by Crippen LogP contribution is 2.35. The van der Waals surface area contributed by atoms with Gasteiger partial charge in [0.1, 0.15) is 6.10 Å². The zero-order valence-corrected chi connectivity index (χ0v) is 11.5. The van der Waals surface area contributed by atoms with Crippen molar-refractivity contribution in [2.45, 2.75) is 45.3 Å². The van der Waals surface area contributed by atoms with Crippen molar-refractivity contribution in [1.82, 2.24) is 0 Å². The second kappa shape index (κ2) is 5.88. The number of allylic oxidation sites excluding steroid dienone is 1. The Morgan fingerprint density at radius 2 is 2.21 bits per heavy atom. The van der Waals surface area contributed by atoms with Gasteiger partial charge in [-0.2, -0.15) is 0 Å². The second-order valence-corrected chi connectivity index (χ2v) is 5.58. The Morgan fingerprint density at radius 1 is 1.47 bits per heavy atom. The molecule has 0 bridgehead atoms. The SMILES string of the molecule is CC1=CCCC(CO)=CC2OC(=O)C(C)C2CC1O. The number of aliphatic hydroxyl groups is 2. The molecule has 19 heavy (non-hydrogen) atoms. The van der Waals surface area contributed by atoms with Crippen LogP contribution in [0.3, 0.4) is 0 Å². The number of rotatable bonds is 1. The molecule has 0 amide bonds. The van der Waals surface area contributed by atoms with E-state index in [2.05, 4.69) is 0 Å². The number of hydrogen-bond acceptors (Lipinski definition) is 4. The third-order valence-corrected chi connectivity index (χ3v) is 4.24. The minimum atomic E-state index is -0.520. The molecule has 0 aromatic rings. The predicted molar refractivity (Wildman–Crippen MR) is 71.3 cm³/mol. The Hall–Kier alpha value is -1.13. The van der Waals surface area contributed by atoms with Crippen LogP contribution in [0.2, 0.25) is 0 Å². The van der Waals surface area contributed by atoms with Gasteiger partial charge < -0.3 is 14.9 Å². The quantitative estimate of drug-likeness (QED) is 0.558. The Morgan fingerprint density at radius 3 is 2.89 bits per heavy atom. The Kier molecular flexibility index (Phi) is 4.42. The molecular formula is C15H22O4. The van der Waals surface area contributed by atoms with Crippen LogP contribution in [0.4, 0.5) is 0 Å². The van der Waals surface area contributed by atoms with Crippen LogP contribution in [0.5, 0.6) is 0 Å². The summed E-state index contributed by atoms with van der Waals surface area (Å²) in [5, 5.41) is 19.5. The normalized spacial score (nSPS) is 36.1. The van der Waals surface area contributed by atoms with Gasteiger partial charge in [0.2, 0.25) is 0 Å². The van der Waals surface area contributed by atoms with Crippen molar-refractivity contribution in [2.75, 3.05) is 6.61 Å². The summed E-state index contributed by atoms with van der Waals surface area (Å²) in [6, 6.07) is 0. The van der Waals surface area contributed by atoms with E-state index in [1.54, 1.807) is 0 Å². The van der Waals surface area contributed by atoms with Crippen LogP contribution < -0.4 is 0 Å². The van der Waals surface area contributed by atoms with Crippen LogP contribution in [-0.4, -0.2) is 35.0 Å². The summed E-state index contributed by atoms with van der Waals surface area (Å²) in [5.74, 6) is -0.440. The standard InChI is InChI=1S/C15H22O4/c1-9-4-3-5-11(8-16)6-14-12(7-13(9)17)10(2)15(18)19-14/h4,6,10,12-14,16-17H,3,5,7-8H2,1-2H3. The Bertz CT molecular complexity index is 410. The molecule has 0 radical (unpaired) electrons. The van der Waals surface area contributed by atoms with Crippen LogP contribution in [0.1, 0.15) is 33.1 Å². The van der Waals surface area contributed by atoms with E-state index < -0.39 is 6.10 Å². The molecule has 106 valence electrons. The fourth-order valence-electron chi connectivity index (χ4n) is 2.80. The molecule has 2 aliphatic rings. The first kappa shape index (κ1) is 14.3. The van der Waals surface area contributed by atoms with E-state index in [1.807, 2.05) is 26.0 Å². The van der Waals surface area contributed by atoms with Crippen LogP contribution in [0.25, 0.3) is 0 Å². The van der Waals surface area contributed by atoms with E-state index in [0.29, 0.717) is 6.42 Å². The molecule has 1 heterocycles. The summed E-state index contributed by atoms with van der Waals surface area (Å²) >= 11 is 0. The summed E-state index contributed by atoms with van der Waals surface area (Å²) in [4.78, 5) is 11.7. The van der Waals surface area contributed by atoms with E-state index in [0.717, 1.165) is 24.0 Å². The first-order valence-electron chi connectivity index (χ1n) is 6.88. The number of esters is 1. The van der Waals surface area contributed by atoms with Gasteiger partial charge >= 0.3 is 5.97 Å². The molecule has 4 nitrogen and oxygen atoms in total. The van der Waals surface area contributed by atoms with Crippen LogP contribution in [0.15, 0.2) is 23.3 Å². The molecule has 0 saturated carbocycles. The molecule has 2 rings (SSSR count). The predicted octanol–water partition coefficient (Wildman–Crippen LogP) is 1.57. The molecule has 2 N–H and O–H groups in total. The van der Waals surface area contributed by atoms with Gasteiger partial charge in [-0.3, -0.25) is 4.79 Å². The zero-order valence-electron chi connectivity index (χ0n) is 11.5. The van der Waals surface area contributed by atoms with E-state index >= 15 is 0 Å². The average molecular weight is 266 g/mol. The van der Waals surface area contributed by atoms with Crippen molar-refractivity contribution in [3.8, 4) is 0 Å². The molecule has 0 aromatic heterocycles. The molecule has 1 fully saturated rings. The van der Waals surface area contributed by atoms with Crippen LogP contribution in [0, 0.1) is 11.8 Å². The molecule has 1 aliphatic heterocycles. The van der Waals surface area contributed by atoms with Gasteiger partial charge in [-0.25, -0.2) is 0 Å². The molecular weight excluding hydrogens is 244 g/mol. The Labute approximate surface area is 113 Å². The van der Waals surface area contributed by atoms with Crippen molar-refractivity contribution in [1.29, 1.82) is 0 Å². The molecule has 0 aromatic carbocycles. The summed E-state index contributed by atoms with van der Waals surface area (Å²) in [6.07, 6.45) is 5.09. The van der Waals surface area contributed by atoms with Crippen molar-refractivity contribution in [3.63, 3.8) is 0 Å². The Balaban J connectivity index is 2.29. The minimum absolute atomic E-state index is 0.00933. The van der Waals surface area contributed by atoms with Crippen molar-refractivity contribution < 1.29 is 19.7 Å². The fraction of sp³-hybridized carbons (Fsp3) is 0.667. The molecule has 0 spiro atoms. The third kappa shape index (κ3) is 3.07. The first-order chi connectivity index (χ1) is 9.02. The van der Waals surface area contributed by atoms with E-state index in [-0.39, 0.29) is 30.5 Å².